The van der Waals surface area contributed by atoms with E-state index in [2.05, 4.69) is 26.3 Å². The first-order valence-electron chi connectivity index (χ1n) is 7.90. The van der Waals surface area contributed by atoms with Gasteiger partial charge in [-0.15, -0.1) is 0 Å². The molecule has 0 aliphatic carbocycles. The Morgan fingerprint density at radius 3 is 2.54 bits per heavy atom. The molecule has 1 atom stereocenters. The average molecular weight is 341 g/mol. The van der Waals surface area contributed by atoms with E-state index in [1.807, 2.05) is 12.1 Å². The highest BCUT2D eigenvalue weighted by Crippen LogP contribution is 2.23. The molecule has 0 saturated carbocycles. The summed E-state index contributed by atoms with van der Waals surface area (Å²) in [5.74, 6) is 1.24. The Bertz CT molecular complexity index is 779. The quantitative estimate of drug-likeness (QED) is 0.921. The van der Waals surface area contributed by atoms with Gasteiger partial charge in [0, 0.05) is 40.7 Å². The Balaban J connectivity index is 1.85. The highest BCUT2D eigenvalue weighted by molar-refractivity contribution is 7.84. The number of rotatable bonds is 4. The lowest BCUT2D eigenvalue weighted by molar-refractivity contribution is 0.573. The molecule has 0 bridgehead atoms. The van der Waals surface area contributed by atoms with E-state index in [4.69, 9.17) is 0 Å². The van der Waals surface area contributed by atoms with Crippen molar-refractivity contribution in [3.63, 3.8) is 0 Å². The summed E-state index contributed by atoms with van der Waals surface area (Å²) in [7, 11) is -1.01. The summed E-state index contributed by atoms with van der Waals surface area (Å²) in [5.41, 5.74) is 1.05. The molecule has 1 N–H and O–H groups in total. The molecule has 1 unspecified atom stereocenters. The maximum absolute atomic E-state index is 11.5. The van der Waals surface area contributed by atoms with Crippen molar-refractivity contribution in [2.75, 3.05) is 29.6 Å². The third kappa shape index (κ3) is 3.71. The second-order valence-electron chi connectivity index (χ2n) is 5.69. The lowest BCUT2D eigenvalue weighted by Gasteiger charge is -2.27. The molecule has 0 radical (unpaired) electrons. The van der Waals surface area contributed by atoms with E-state index in [9.17, 15) is 9.47 Å². The van der Waals surface area contributed by atoms with E-state index in [1.54, 1.807) is 24.6 Å². The number of nitriles is 1. The van der Waals surface area contributed by atoms with Crippen LogP contribution >= 0.6 is 0 Å². The number of nitrogens with zero attached hydrogens (tertiary/aromatic N) is 4. The van der Waals surface area contributed by atoms with Gasteiger partial charge in [0.15, 0.2) is 11.5 Å². The fourth-order valence-corrected chi connectivity index (χ4v) is 3.21. The van der Waals surface area contributed by atoms with E-state index in [0.29, 0.717) is 5.82 Å². The molecule has 7 heteroatoms. The van der Waals surface area contributed by atoms with Crippen LogP contribution in [0.25, 0.3) is 0 Å². The zero-order chi connectivity index (χ0) is 16.9. The highest BCUT2D eigenvalue weighted by atomic mass is 32.2. The molecule has 1 aromatic heterocycles. The molecule has 1 aliphatic rings. The average Bonchev–Trinajstić information content (AvgIpc) is 2.63. The van der Waals surface area contributed by atoms with Gasteiger partial charge < -0.3 is 10.2 Å². The topological polar surface area (TPSA) is 81.9 Å². The lowest BCUT2D eigenvalue weighted by Crippen LogP contribution is -2.30. The number of aromatic nitrogens is 2. The maximum Gasteiger partial charge on any atom is 0.183 e. The standard InChI is InChI=1S/C17H19N5OS/c1-24(23)14-7-5-13(6-8-14)20-17-15(11-18)19-12-16(21-17)22-9-3-2-4-10-22/h5-8,12H,2-4,9-10H2,1H3,(H,20,21). The second kappa shape index (κ2) is 7.41. The SMILES string of the molecule is CS(=O)c1ccc(Nc2nc(N3CCCCC3)cnc2C#N)cc1. The molecule has 1 aromatic carbocycles. The number of hydrogen-bond donors (Lipinski definition) is 1. The summed E-state index contributed by atoms with van der Waals surface area (Å²) in [6, 6.07) is 9.32. The van der Waals surface area contributed by atoms with Crippen LogP contribution in [0.1, 0.15) is 25.0 Å². The van der Waals surface area contributed by atoms with Crippen molar-refractivity contribution in [2.45, 2.75) is 24.2 Å². The molecular formula is C17H19N5OS. The Morgan fingerprint density at radius 1 is 1.21 bits per heavy atom. The van der Waals surface area contributed by atoms with Crippen molar-refractivity contribution in [1.82, 2.24) is 9.97 Å². The van der Waals surface area contributed by atoms with Crippen LogP contribution < -0.4 is 10.2 Å². The molecule has 6 nitrogen and oxygen atoms in total. The maximum atomic E-state index is 11.5. The third-order valence-corrected chi connectivity index (χ3v) is 4.93. The second-order valence-corrected chi connectivity index (χ2v) is 7.07. The zero-order valence-corrected chi connectivity index (χ0v) is 14.3. The molecule has 1 aliphatic heterocycles. The van der Waals surface area contributed by atoms with Gasteiger partial charge >= 0.3 is 0 Å². The van der Waals surface area contributed by atoms with Crippen LogP contribution in [-0.4, -0.2) is 33.5 Å². The van der Waals surface area contributed by atoms with E-state index >= 15 is 0 Å². The van der Waals surface area contributed by atoms with Crippen molar-refractivity contribution < 1.29 is 4.21 Å². The summed E-state index contributed by atoms with van der Waals surface area (Å²) in [4.78, 5) is 11.8. The van der Waals surface area contributed by atoms with Crippen LogP contribution in [-0.2, 0) is 10.8 Å². The summed E-state index contributed by atoms with van der Waals surface area (Å²) in [6.07, 6.45) is 6.86. The van der Waals surface area contributed by atoms with Gasteiger partial charge in [-0.1, -0.05) is 0 Å². The van der Waals surface area contributed by atoms with Crippen molar-refractivity contribution in [3.8, 4) is 6.07 Å². The zero-order valence-electron chi connectivity index (χ0n) is 13.5. The van der Waals surface area contributed by atoms with Gasteiger partial charge in [-0.05, 0) is 43.5 Å². The van der Waals surface area contributed by atoms with Gasteiger partial charge in [-0.2, -0.15) is 5.26 Å². The van der Waals surface area contributed by atoms with Crippen LogP contribution in [0.3, 0.4) is 0 Å². The normalized spacial score (nSPS) is 15.6. The van der Waals surface area contributed by atoms with Gasteiger partial charge in [-0.3, -0.25) is 4.21 Å². The number of anilines is 3. The largest absolute Gasteiger partial charge is 0.355 e. The van der Waals surface area contributed by atoms with Gasteiger partial charge in [-0.25, -0.2) is 9.97 Å². The molecule has 1 saturated heterocycles. The molecule has 24 heavy (non-hydrogen) atoms. The van der Waals surface area contributed by atoms with E-state index in [1.165, 1.54) is 6.42 Å². The summed E-state index contributed by atoms with van der Waals surface area (Å²) >= 11 is 0. The molecule has 0 spiro atoms. The van der Waals surface area contributed by atoms with Crippen molar-refractivity contribution in [1.29, 1.82) is 5.26 Å². The van der Waals surface area contributed by atoms with E-state index in [-0.39, 0.29) is 5.69 Å². The van der Waals surface area contributed by atoms with Gasteiger partial charge in [0.05, 0.1) is 6.20 Å². The molecule has 3 rings (SSSR count). The van der Waals surface area contributed by atoms with Crippen molar-refractivity contribution in [2.24, 2.45) is 0 Å². The van der Waals surface area contributed by atoms with Crippen LogP contribution in [0.15, 0.2) is 35.4 Å². The van der Waals surface area contributed by atoms with Crippen LogP contribution in [0.4, 0.5) is 17.3 Å². The molecule has 124 valence electrons. The number of benzene rings is 1. The Kier molecular flexibility index (Phi) is 5.06. The van der Waals surface area contributed by atoms with Gasteiger partial charge in [0.1, 0.15) is 11.9 Å². The molecular weight excluding hydrogens is 322 g/mol. The monoisotopic (exact) mass is 341 g/mol. The first-order chi connectivity index (χ1) is 11.7. The minimum absolute atomic E-state index is 0.263. The molecule has 2 heterocycles. The molecule has 2 aromatic rings. The van der Waals surface area contributed by atoms with Crippen LogP contribution in [0, 0.1) is 11.3 Å². The highest BCUT2D eigenvalue weighted by Gasteiger charge is 2.15. The smallest absolute Gasteiger partial charge is 0.183 e. The first-order valence-corrected chi connectivity index (χ1v) is 9.46. The Labute approximate surface area is 144 Å². The van der Waals surface area contributed by atoms with Gasteiger partial charge in [0.25, 0.3) is 0 Å². The summed E-state index contributed by atoms with van der Waals surface area (Å²) in [6.45, 7) is 1.94. The number of nitrogens with one attached hydrogen (secondary N) is 1. The van der Waals surface area contributed by atoms with Crippen LogP contribution in [0.5, 0.6) is 0 Å². The predicted molar refractivity (Wildman–Crippen MR) is 94.9 cm³/mol. The minimum Gasteiger partial charge on any atom is -0.355 e. The Morgan fingerprint density at radius 2 is 1.92 bits per heavy atom. The minimum atomic E-state index is -1.01. The Hall–Kier alpha value is -2.46. The third-order valence-electron chi connectivity index (χ3n) is 3.99. The summed E-state index contributed by atoms with van der Waals surface area (Å²) < 4.78 is 11.5. The van der Waals surface area contributed by atoms with E-state index < -0.39 is 10.8 Å². The van der Waals surface area contributed by atoms with E-state index in [0.717, 1.165) is 42.3 Å². The molecule has 0 amide bonds. The van der Waals surface area contributed by atoms with Crippen molar-refractivity contribution in [3.05, 3.63) is 36.2 Å². The summed E-state index contributed by atoms with van der Waals surface area (Å²) in [5, 5.41) is 12.4. The molecule has 1 fully saturated rings. The lowest BCUT2D eigenvalue weighted by atomic mass is 10.1. The number of piperidine rings is 1. The van der Waals surface area contributed by atoms with Crippen LogP contribution in [0.2, 0.25) is 0 Å². The fourth-order valence-electron chi connectivity index (χ4n) is 2.69. The predicted octanol–water partition coefficient (Wildman–Crippen LogP) is 2.82. The fraction of sp³-hybridized carbons (Fsp3) is 0.353. The van der Waals surface area contributed by atoms with Crippen molar-refractivity contribution >= 4 is 28.1 Å². The van der Waals surface area contributed by atoms with Gasteiger partial charge in [0.2, 0.25) is 0 Å². The number of hydrogen-bond acceptors (Lipinski definition) is 6. The first kappa shape index (κ1) is 16.4.